The Kier molecular flexibility index (Phi) is 5.52. The zero-order valence-corrected chi connectivity index (χ0v) is 19.5. The summed E-state index contributed by atoms with van der Waals surface area (Å²) < 4.78 is 1.78. The summed E-state index contributed by atoms with van der Waals surface area (Å²) in [5, 5.41) is 5.20. The van der Waals surface area contributed by atoms with E-state index in [4.69, 9.17) is 11.6 Å². The van der Waals surface area contributed by atoms with Crippen LogP contribution in [0.4, 0.5) is 0 Å². The first-order valence-electron chi connectivity index (χ1n) is 11.7. The molecule has 4 bridgehead atoms. The molecule has 0 unspecified atom stereocenters. The van der Waals surface area contributed by atoms with Gasteiger partial charge < -0.3 is 0 Å². The zero-order valence-electron chi connectivity index (χ0n) is 18.8. The average Bonchev–Trinajstić information content (AvgIpc) is 2.99. The number of hydrazine groups is 1. The number of aryl methyl sites for hydroxylation is 1. The fraction of sp³-hybridized carbons (Fsp3) is 0.560. The maximum absolute atomic E-state index is 12.9. The smallest absolute Gasteiger partial charge is 0.273 e. The molecular weight excluding hydrogens is 424 g/mol. The van der Waals surface area contributed by atoms with Crippen molar-refractivity contribution in [2.45, 2.75) is 65.3 Å². The minimum absolute atomic E-state index is 0.0842. The molecule has 0 saturated heterocycles. The summed E-state index contributed by atoms with van der Waals surface area (Å²) in [5.74, 6) is 2.00. The van der Waals surface area contributed by atoms with Gasteiger partial charge in [0.2, 0.25) is 5.91 Å². The number of rotatable bonds is 5. The van der Waals surface area contributed by atoms with Gasteiger partial charge >= 0.3 is 0 Å². The topological polar surface area (TPSA) is 76.0 Å². The molecule has 32 heavy (non-hydrogen) atoms. The van der Waals surface area contributed by atoms with Gasteiger partial charge in [-0.1, -0.05) is 29.8 Å². The van der Waals surface area contributed by atoms with Crippen molar-refractivity contribution in [3.8, 4) is 0 Å². The molecule has 2 aromatic rings. The minimum atomic E-state index is -0.329. The second-order valence-corrected chi connectivity index (χ2v) is 10.8. The van der Waals surface area contributed by atoms with E-state index < -0.39 is 0 Å². The van der Waals surface area contributed by atoms with Gasteiger partial charge in [-0.25, -0.2) is 0 Å². The Morgan fingerprint density at radius 1 is 1.06 bits per heavy atom. The molecule has 2 amide bonds. The van der Waals surface area contributed by atoms with Crippen molar-refractivity contribution in [3.63, 3.8) is 0 Å². The molecule has 2 N–H and O–H groups in total. The van der Waals surface area contributed by atoms with Crippen molar-refractivity contribution in [3.05, 3.63) is 51.8 Å². The van der Waals surface area contributed by atoms with Gasteiger partial charge in [0.15, 0.2) is 0 Å². The summed E-state index contributed by atoms with van der Waals surface area (Å²) in [6.07, 6.45) is 8.10. The lowest BCUT2D eigenvalue weighted by atomic mass is 9.49. The van der Waals surface area contributed by atoms with Gasteiger partial charge in [0.05, 0.1) is 17.8 Å². The van der Waals surface area contributed by atoms with Crippen molar-refractivity contribution < 1.29 is 9.59 Å². The van der Waals surface area contributed by atoms with Crippen LogP contribution in [-0.2, 0) is 11.3 Å². The van der Waals surface area contributed by atoms with Gasteiger partial charge in [-0.05, 0) is 87.2 Å². The maximum atomic E-state index is 12.9. The van der Waals surface area contributed by atoms with E-state index in [9.17, 15) is 9.59 Å². The van der Waals surface area contributed by atoms with Crippen LogP contribution in [0.15, 0.2) is 24.3 Å². The number of hydrogen-bond acceptors (Lipinski definition) is 3. The summed E-state index contributed by atoms with van der Waals surface area (Å²) in [7, 11) is 0. The van der Waals surface area contributed by atoms with Gasteiger partial charge in [-0.2, -0.15) is 5.10 Å². The molecule has 170 valence electrons. The number of benzene rings is 1. The number of nitrogens with one attached hydrogen (secondary N) is 2. The Balaban J connectivity index is 1.21. The SMILES string of the molecule is Cc1nn(Cc2ccccc2Cl)c(C)c1C(=O)NNC(=O)CC12CC3CC(CC(C3)C1)C2. The molecule has 0 spiro atoms. The Labute approximate surface area is 194 Å². The van der Waals surface area contributed by atoms with E-state index in [1.54, 1.807) is 4.68 Å². The van der Waals surface area contributed by atoms with E-state index in [1.165, 1.54) is 38.5 Å². The summed E-state index contributed by atoms with van der Waals surface area (Å²) in [5.41, 5.74) is 8.27. The van der Waals surface area contributed by atoms with Crippen LogP contribution in [-0.4, -0.2) is 21.6 Å². The maximum Gasteiger partial charge on any atom is 0.273 e. The Hall–Kier alpha value is -2.34. The third kappa shape index (κ3) is 4.05. The zero-order chi connectivity index (χ0) is 22.5. The Morgan fingerprint density at radius 2 is 1.69 bits per heavy atom. The van der Waals surface area contributed by atoms with Crippen LogP contribution in [0.5, 0.6) is 0 Å². The molecule has 6 rings (SSSR count). The lowest BCUT2D eigenvalue weighted by Crippen LogP contribution is -2.50. The number of aromatic nitrogens is 2. The van der Waals surface area contributed by atoms with Gasteiger partial charge in [0.1, 0.15) is 0 Å². The van der Waals surface area contributed by atoms with Crippen molar-refractivity contribution >= 4 is 23.4 Å². The van der Waals surface area contributed by atoms with Gasteiger partial charge in [-0.3, -0.25) is 25.1 Å². The van der Waals surface area contributed by atoms with Crippen LogP contribution in [0.3, 0.4) is 0 Å². The molecule has 0 radical (unpaired) electrons. The van der Waals surface area contributed by atoms with E-state index >= 15 is 0 Å². The van der Waals surface area contributed by atoms with Gasteiger partial charge in [-0.15, -0.1) is 0 Å². The van der Waals surface area contributed by atoms with Crippen molar-refractivity contribution in [2.24, 2.45) is 23.2 Å². The summed E-state index contributed by atoms with van der Waals surface area (Å²) >= 11 is 6.28. The lowest BCUT2D eigenvalue weighted by Gasteiger charge is -2.56. The Morgan fingerprint density at radius 3 is 2.31 bits per heavy atom. The van der Waals surface area contributed by atoms with E-state index in [-0.39, 0.29) is 17.2 Å². The van der Waals surface area contributed by atoms with E-state index in [0.717, 1.165) is 29.0 Å². The molecule has 1 aromatic carbocycles. The van der Waals surface area contributed by atoms with Crippen LogP contribution < -0.4 is 10.9 Å². The number of carbonyl (C=O) groups is 2. The number of nitrogens with zero attached hydrogens (tertiary/aromatic N) is 2. The molecule has 1 aromatic heterocycles. The highest BCUT2D eigenvalue weighted by molar-refractivity contribution is 6.31. The molecule has 4 aliphatic rings. The number of carbonyl (C=O) groups excluding carboxylic acids is 2. The molecule has 0 atom stereocenters. The standard InChI is InChI=1S/C25H31ClN4O2/c1-15-23(16(2)30(29-15)14-20-5-3-4-6-21(20)26)24(32)28-27-22(31)13-25-10-17-7-18(11-25)9-19(8-17)12-25/h3-6,17-19H,7-14H2,1-2H3,(H,27,31)(H,28,32). The van der Waals surface area contributed by atoms with Crippen molar-refractivity contribution in [1.82, 2.24) is 20.6 Å². The van der Waals surface area contributed by atoms with Crippen LogP contribution in [0.2, 0.25) is 5.02 Å². The number of amides is 2. The fourth-order valence-corrected chi connectivity index (χ4v) is 7.24. The second-order valence-electron chi connectivity index (χ2n) is 10.4. The molecule has 0 aliphatic heterocycles. The van der Waals surface area contributed by atoms with Crippen LogP contribution in [0.1, 0.15) is 72.3 Å². The first kappa shape index (κ1) is 21.5. The third-order valence-corrected chi connectivity index (χ3v) is 8.27. The second kappa shape index (κ2) is 8.22. The van der Waals surface area contributed by atoms with Crippen LogP contribution >= 0.6 is 11.6 Å². The molecule has 1 heterocycles. The highest BCUT2D eigenvalue weighted by atomic mass is 35.5. The summed E-state index contributed by atoms with van der Waals surface area (Å²) in [6.45, 7) is 4.16. The van der Waals surface area contributed by atoms with Crippen LogP contribution in [0.25, 0.3) is 0 Å². The molecule has 7 heteroatoms. The first-order chi connectivity index (χ1) is 15.3. The Bertz CT molecular complexity index is 1020. The van der Waals surface area contributed by atoms with Gasteiger partial charge in [0.25, 0.3) is 5.91 Å². The number of hydrogen-bond donors (Lipinski definition) is 2. The molecule has 4 fully saturated rings. The molecule has 6 nitrogen and oxygen atoms in total. The van der Waals surface area contributed by atoms with E-state index in [1.807, 2.05) is 38.1 Å². The predicted molar refractivity (Wildman–Crippen MR) is 123 cm³/mol. The van der Waals surface area contributed by atoms with Gasteiger partial charge in [0, 0.05) is 17.1 Å². The summed E-state index contributed by atoms with van der Waals surface area (Å²) in [6, 6.07) is 7.61. The van der Waals surface area contributed by atoms with E-state index in [2.05, 4.69) is 16.0 Å². The lowest BCUT2D eigenvalue weighted by molar-refractivity contribution is -0.130. The van der Waals surface area contributed by atoms with Crippen LogP contribution in [0, 0.1) is 37.0 Å². The van der Waals surface area contributed by atoms with E-state index in [0.29, 0.717) is 29.2 Å². The highest BCUT2D eigenvalue weighted by Gasteiger charge is 2.51. The molecular formula is C25H31ClN4O2. The first-order valence-corrected chi connectivity index (χ1v) is 12.1. The molecule has 4 aliphatic carbocycles. The predicted octanol–water partition coefficient (Wildman–Crippen LogP) is 4.57. The third-order valence-electron chi connectivity index (χ3n) is 7.90. The fourth-order valence-electron chi connectivity index (χ4n) is 7.05. The number of halogens is 1. The van der Waals surface area contributed by atoms with Crippen molar-refractivity contribution in [1.29, 1.82) is 0 Å². The monoisotopic (exact) mass is 454 g/mol. The highest BCUT2D eigenvalue weighted by Crippen LogP contribution is 2.61. The minimum Gasteiger partial charge on any atom is -0.273 e. The average molecular weight is 455 g/mol. The largest absolute Gasteiger partial charge is 0.273 e. The van der Waals surface area contributed by atoms with Crippen molar-refractivity contribution in [2.75, 3.05) is 0 Å². The normalized spacial score (nSPS) is 28.0. The summed E-state index contributed by atoms with van der Waals surface area (Å²) in [4.78, 5) is 25.6. The molecule has 4 saturated carbocycles. The quantitative estimate of drug-likeness (QED) is 0.650.